The number of nitrogens with one attached hydrogen (secondary N) is 2. The fourth-order valence-corrected chi connectivity index (χ4v) is 2.79. The van der Waals surface area contributed by atoms with E-state index < -0.39 is 0 Å². The minimum Gasteiger partial charge on any atom is -0.459 e. The second-order valence-corrected chi connectivity index (χ2v) is 5.63. The van der Waals surface area contributed by atoms with Crippen molar-refractivity contribution in [3.05, 3.63) is 24.2 Å². The van der Waals surface area contributed by atoms with Crippen LogP contribution in [0.1, 0.15) is 55.5 Å². The van der Waals surface area contributed by atoms with E-state index in [0.29, 0.717) is 13.0 Å². The van der Waals surface area contributed by atoms with Crippen LogP contribution in [0.25, 0.3) is 0 Å². The predicted octanol–water partition coefficient (Wildman–Crippen LogP) is 2.49. The molecule has 1 aromatic heterocycles. The molecule has 2 N–H and O–H groups in total. The number of rotatable bonds is 8. The zero-order chi connectivity index (χ0) is 14.9. The maximum Gasteiger partial charge on any atom is 0.286 e. The van der Waals surface area contributed by atoms with Crippen LogP contribution in [0.4, 0.5) is 0 Å². The Morgan fingerprint density at radius 3 is 2.71 bits per heavy atom. The Labute approximate surface area is 125 Å². The molecule has 1 saturated carbocycles. The van der Waals surface area contributed by atoms with Crippen molar-refractivity contribution in [2.24, 2.45) is 5.92 Å². The highest BCUT2D eigenvalue weighted by Crippen LogP contribution is 2.28. The molecule has 1 aliphatic rings. The standard InChI is InChI=1S/C16H24N2O3/c19-15(17-10-3-7-13-5-1-2-6-13)9-11-18-16(20)14-8-4-12-21-14/h4,8,12-13H,1-3,5-7,9-11H2,(H,17,19)(H,18,20). The Hall–Kier alpha value is -1.78. The zero-order valence-corrected chi connectivity index (χ0v) is 12.4. The maximum absolute atomic E-state index is 11.6. The van der Waals surface area contributed by atoms with E-state index in [1.54, 1.807) is 12.1 Å². The Balaban J connectivity index is 1.48. The summed E-state index contributed by atoms with van der Waals surface area (Å²) in [5.74, 6) is 0.844. The van der Waals surface area contributed by atoms with Gasteiger partial charge in [-0.15, -0.1) is 0 Å². The van der Waals surface area contributed by atoms with Gasteiger partial charge in [-0.2, -0.15) is 0 Å². The third kappa shape index (κ3) is 5.61. The van der Waals surface area contributed by atoms with Gasteiger partial charge >= 0.3 is 0 Å². The number of hydrogen-bond donors (Lipinski definition) is 2. The third-order valence-corrected chi connectivity index (χ3v) is 3.97. The van der Waals surface area contributed by atoms with E-state index in [2.05, 4.69) is 10.6 Å². The molecule has 1 fully saturated rings. The molecule has 0 saturated heterocycles. The van der Waals surface area contributed by atoms with E-state index in [1.165, 1.54) is 38.4 Å². The number of carbonyl (C=O) groups is 2. The zero-order valence-electron chi connectivity index (χ0n) is 12.4. The summed E-state index contributed by atoms with van der Waals surface area (Å²) in [5.41, 5.74) is 0. The van der Waals surface area contributed by atoms with Gasteiger partial charge < -0.3 is 15.1 Å². The lowest BCUT2D eigenvalue weighted by molar-refractivity contribution is -0.120. The smallest absolute Gasteiger partial charge is 0.286 e. The Morgan fingerprint density at radius 2 is 2.00 bits per heavy atom. The molecule has 2 rings (SSSR count). The van der Waals surface area contributed by atoms with Crippen LogP contribution >= 0.6 is 0 Å². The van der Waals surface area contributed by atoms with E-state index in [1.807, 2.05) is 0 Å². The van der Waals surface area contributed by atoms with Crippen molar-refractivity contribution in [3.63, 3.8) is 0 Å². The molecule has 5 nitrogen and oxygen atoms in total. The molecule has 1 aliphatic carbocycles. The van der Waals surface area contributed by atoms with Crippen LogP contribution in [0.5, 0.6) is 0 Å². The minimum absolute atomic E-state index is 0.0128. The van der Waals surface area contributed by atoms with Crippen LogP contribution in [0.15, 0.2) is 22.8 Å². The number of amides is 2. The first kappa shape index (κ1) is 15.6. The first-order valence-corrected chi connectivity index (χ1v) is 7.84. The topological polar surface area (TPSA) is 71.3 Å². The molecule has 1 heterocycles. The molecule has 0 spiro atoms. The second kappa shape index (κ2) is 8.49. The van der Waals surface area contributed by atoms with Gasteiger partial charge in [-0.3, -0.25) is 9.59 Å². The van der Waals surface area contributed by atoms with E-state index in [9.17, 15) is 9.59 Å². The van der Waals surface area contributed by atoms with E-state index >= 15 is 0 Å². The highest BCUT2D eigenvalue weighted by atomic mass is 16.3. The molecule has 0 aromatic carbocycles. The number of hydrogen-bond acceptors (Lipinski definition) is 3. The SMILES string of the molecule is O=C(CCNC(=O)c1ccco1)NCCCC1CCCC1. The van der Waals surface area contributed by atoms with Crippen molar-refractivity contribution < 1.29 is 14.0 Å². The lowest BCUT2D eigenvalue weighted by Gasteiger charge is -2.09. The summed E-state index contributed by atoms with van der Waals surface area (Å²) in [6, 6.07) is 3.25. The summed E-state index contributed by atoms with van der Waals surface area (Å²) in [5, 5.41) is 5.56. The molecule has 0 radical (unpaired) electrons. The molecule has 0 bridgehead atoms. The maximum atomic E-state index is 11.6. The number of furan rings is 1. The number of carbonyl (C=O) groups excluding carboxylic acids is 2. The van der Waals surface area contributed by atoms with Crippen LogP contribution in [-0.2, 0) is 4.79 Å². The van der Waals surface area contributed by atoms with Crippen LogP contribution in [-0.4, -0.2) is 24.9 Å². The van der Waals surface area contributed by atoms with Gasteiger partial charge in [0.2, 0.25) is 5.91 Å². The second-order valence-electron chi connectivity index (χ2n) is 5.63. The molecule has 2 amide bonds. The Kier molecular flexibility index (Phi) is 6.31. The quantitative estimate of drug-likeness (QED) is 0.723. The van der Waals surface area contributed by atoms with Gasteiger partial charge in [0.1, 0.15) is 0 Å². The van der Waals surface area contributed by atoms with Gasteiger partial charge in [0, 0.05) is 19.5 Å². The lowest BCUT2D eigenvalue weighted by atomic mass is 10.0. The molecule has 0 atom stereocenters. The van der Waals surface area contributed by atoms with Crippen molar-refractivity contribution >= 4 is 11.8 Å². The minimum atomic E-state index is -0.283. The van der Waals surface area contributed by atoms with Crippen LogP contribution in [0.2, 0.25) is 0 Å². The van der Waals surface area contributed by atoms with Crippen molar-refractivity contribution in [2.75, 3.05) is 13.1 Å². The Bertz CT molecular complexity index is 436. The van der Waals surface area contributed by atoms with Gasteiger partial charge in [0.05, 0.1) is 6.26 Å². The average Bonchev–Trinajstić information content (AvgIpc) is 3.16. The van der Waals surface area contributed by atoms with Crippen LogP contribution in [0, 0.1) is 5.92 Å². The Morgan fingerprint density at radius 1 is 1.19 bits per heavy atom. The summed E-state index contributed by atoms with van der Waals surface area (Å²) < 4.78 is 4.97. The summed E-state index contributed by atoms with van der Waals surface area (Å²) >= 11 is 0. The van der Waals surface area contributed by atoms with E-state index in [-0.39, 0.29) is 17.6 Å². The molecular weight excluding hydrogens is 268 g/mol. The lowest BCUT2D eigenvalue weighted by Crippen LogP contribution is -2.31. The monoisotopic (exact) mass is 292 g/mol. The van der Waals surface area contributed by atoms with Crippen LogP contribution < -0.4 is 10.6 Å². The summed E-state index contributed by atoms with van der Waals surface area (Å²) in [6.45, 7) is 1.06. The molecule has 116 valence electrons. The molecule has 0 aliphatic heterocycles. The van der Waals surface area contributed by atoms with Crippen molar-refractivity contribution in [2.45, 2.75) is 44.9 Å². The van der Waals surface area contributed by atoms with Crippen LogP contribution in [0.3, 0.4) is 0 Å². The van der Waals surface area contributed by atoms with Gasteiger partial charge in [-0.05, 0) is 30.9 Å². The van der Waals surface area contributed by atoms with E-state index in [4.69, 9.17) is 4.42 Å². The van der Waals surface area contributed by atoms with Gasteiger partial charge in [0.15, 0.2) is 5.76 Å². The highest BCUT2D eigenvalue weighted by molar-refractivity contribution is 5.91. The summed E-state index contributed by atoms with van der Waals surface area (Å²) in [6.07, 6.45) is 9.46. The third-order valence-electron chi connectivity index (χ3n) is 3.97. The summed E-state index contributed by atoms with van der Waals surface area (Å²) in [7, 11) is 0. The van der Waals surface area contributed by atoms with Gasteiger partial charge in [-0.1, -0.05) is 25.7 Å². The molecule has 5 heteroatoms. The van der Waals surface area contributed by atoms with Gasteiger partial charge in [0.25, 0.3) is 5.91 Å². The van der Waals surface area contributed by atoms with Gasteiger partial charge in [-0.25, -0.2) is 0 Å². The average molecular weight is 292 g/mol. The first-order chi connectivity index (χ1) is 10.3. The first-order valence-electron chi connectivity index (χ1n) is 7.84. The molecule has 0 unspecified atom stereocenters. The highest BCUT2D eigenvalue weighted by Gasteiger charge is 2.14. The predicted molar refractivity (Wildman–Crippen MR) is 79.9 cm³/mol. The molecule has 1 aromatic rings. The van der Waals surface area contributed by atoms with Crippen molar-refractivity contribution in [1.82, 2.24) is 10.6 Å². The van der Waals surface area contributed by atoms with Crippen molar-refractivity contribution in [1.29, 1.82) is 0 Å². The van der Waals surface area contributed by atoms with Crippen molar-refractivity contribution in [3.8, 4) is 0 Å². The molecule has 21 heavy (non-hydrogen) atoms. The summed E-state index contributed by atoms with van der Waals surface area (Å²) in [4.78, 5) is 23.2. The van der Waals surface area contributed by atoms with E-state index in [0.717, 1.165) is 18.9 Å². The normalized spacial score (nSPS) is 15.0. The largest absolute Gasteiger partial charge is 0.459 e. The molecular formula is C16H24N2O3. The fourth-order valence-electron chi connectivity index (χ4n) is 2.79. The fraction of sp³-hybridized carbons (Fsp3) is 0.625.